The molecule has 0 radical (unpaired) electrons. The number of hydrogen-bond acceptors (Lipinski definition) is 7. The van der Waals surface area contributed by atoms with E-state index in [0.29, 0.717) is 0 Å². The molecule has 0 saturated carbocycles. The number of carbonyl (C=O) groups is 2. The second-order valence-electron chi connectivity index (χ2n) is 6.77. The topological polar surface area (TPSA) is 135 Å². The molecule has 1 saturated heterocycles. The van der Waals surface area contributed by atoms with E-state index in [0.717, 1.165) is 11.1 Å². The number of hydrogen-bond donors (Lipinski definition) is 4. The molecule has 1 heterocycles. The highest BCUT2D eigenvalue weighted by molar-refractivity contribution is 5.73. The Kier molecular flexibility index (Phi) is 7.36. The second kappa shape index (κ2) is 10.2. The lowest BCUT2D eigenvalue weighted by Crippen LogP contribution is -2.65. The quantitative estimate of drug-likeness (QED) is 0.525. The van der Waals surface area contributed by atoms with Crippen LogP contribution in [-0.2, 0) is 32.2 Å². The van der Waals surface area contributed by atoms with Crippen LogP contribution in [0.4, 0.5) is 4.79 Å². The van der Waals surface area contributed by atoms with Gasteiger partial charge >= 0.3 is 12.1 Å². The van der Waals surface area contributed by atoms with Crippen LogP contribution in [-0.4, -0.2) is 58.0 Å². The summed E-state index contributed by atoms with van der Waals surface area (Å²) in [5, 5.41) is 32.2. The van der Waals surface area contributed by atoms with Gasteiger partial charge < -0.3 is 34.8 Å². The predicted octanol–water partition coefficient (Wildman–Crippen LogP) is 1.03. The summed E-state index contributed by atoms with van der Waals surface area (Å²) >= 11 is 0. The fraction of sp³-hybridized carbons (Fsp3) is 0.333. The first-order valence-electron chi connectivity index (χ1n) is 9.33. The molecule has 0 bridgehead atoms. The molecule has 5 atom stereocenters. The molecule has 1 fully saturated rings. The van der Waals surface area contributed by atoms with E-state index in [9.17, 15) is 24.9 Å². The number of aliphatic carboxylic acids is 1. The molecule has 9 heteroatoms. The molecule has 1 amide bonds. The molecule has 2 aromatic carbocycles. The zero-order valence-electron chi connectivity index (χ0n) is 16.0. The van der Waals surface area contributed by atoms with E-state index in [1.807, 2.05) is 12.1 Å². The van der Waals surface area contributed by atoms with Gasteiger partial charge in [0.15, 0.2) is 12.4 Å². The first-order chi connectivity index (χ1) is 14.5. The number of benzene rings is 2. The smallest absolute Gasteiger partial charge is 0.407 e. The number of carboxylic acids is 1. The molecule has 0 spiro atoms. The highest BCUT2D eigenvalue weighted by Gasteiger charge is 2.49. The van der Waals surface area contributed by atoms with Crippen LogP contribution >= 0.6 is 0 Å². The lowest BCUT2D eigenvalue weighted by atomic mass is 9.97. The molecule has 9 nitrogen and oxygen atoms in total. The van der Waals surface area contributed by atoms with E-state index in [2.05, 4.69) is 5.32 Å². The van der Waals surface area contributed by atoms with E-state index in [1.165, 1.54) is 0 Å². The summed E-state index contributed by atoms with van der Waals surface area (Å²) in [7, 11) is 0. The van der Waals surface area contributed by atoms with Crippen LogP contribution in [0.2, 0.25) is 0 Å². The molecule has 0 unspecified atom stereocenters. The van der Waals surface area contributed by atoms with Crippen molar-refractivity contribution in [1.82, 2.24) is 5.32 Å². The van der Waals surface area contributed by atoms with Crippen molar-refractivity contribution in [2.75, 3.05) is 0 Å². The van der Waals surface area contributed by atoms with Gasteiger partial charge in [-0.2, -0.15) is 0 Å². The summed E-state index contributed by atoms with van der Waals surface area (Å²) in [6.07, 6.45) is -7.32. The summed E-state index contributed by atoms with van der Waals surface area (Å²) in [6.45, 7) is 0.0318. The summed E-state index contributed by atoms with van der Waals surface area (Å²) in [6, 6.07) is 16.7. The van der Waals surface area contributed by atoms with Gasteiger partial charge in [-0.05, 0) is 11.1 Å². The Labute approximate surface area is 172 Å². The van der Waals surface area contributed by atoms with Crippen molar-refractivity contribution < 1.29 is 39.1 Å². The third-order valence-corrected chi connectivity index (χ3v) is 4.60. The second-order valence-corrected chi connectivity index (χ2v) is 6.77. The fourth-order valence-corrected chi connectivity index (χ4v) is 3.02. The normalized spacial score (nSPS) is 26.0. The van der Waals surface area contributed by atoms with Crippen LogP contribution in [0.3, 0.4) is 0 Å². The number of carbonyl (C=O) groups excluding carboxylic acids is 1. The van der Waals surface area contributed by atoms with Crippen LogP contribution in [0.25, 0.3) is 0 Å². The van der Waals surface area contributed by atoms with Crippen molar-refractivity contribution in [2.24, 2.45) is 0 Å². The van der Waals surface area contributed by atoms with Gasteiger partial charge in [-0.3, -0.25) is 0 Å². The van der Waals surface area contributed by atoms with Crippen molar-refractivity contribution >= 4 is 12.1 Å². The zero-order valence-corrected chi connectivity index (χ0v) is 16.0. The van der Waals surface area contributed by atoms with Crippen LogP contribution in [0.15, 0.2) is 60.7 Å². The number of carboxylic acid groups (broad SMARTS) is 1. The van der Waals surface area contributed by atoms with Gasteiger partial charge in [-0.1, -0.05) is 60.7 Å². The van der Waals surface area contributed by atoms with Gasteiger partial charge in [-0.25, -0.2) is 9.59 Å². The van der Waals surface area contributed by atoms with Gasteiger partial charge in [-0.15, -0.1) is 0 Å². The van der Waals surface area contributed by atoms with Crippen molar-refractivity contribution in [3.63, 3.8) is 0 Å². The molecule has 3 rings (SSSR count). The number of rotatable bonds is 7. The van der Waals surface area contributed by atoms with Gasteiger partial charge in [0, 0.05) is 0 Å². The Morgan fingerprint density at radius 2 is 1.47 bits per heavy atom. The summed E-state index contributed by atoms with van der Waals surface area (Å²) in [5.41, 5.74) is 1.54. The predicted molar refractivity (Wildman–Crippen MR) is 103 cm³/mol. The largest absolute Gasteiger partial charge is 0.479 e. The van der Waals surface area contributed by atoms with E-state index in [4.69, 9.17) is 14.2 Å². The van der Waals surface area contributed by atoms with Crippen molar-refractivity contribution in [2.45, 2.75) is 43.9 Å². The highest BCUT2D eigenvalue weighted by atomic mass is 16.7. The summed E-state index contributed by atoms with van der Waals surface area (Å²) < 4.78 is 16.1. The molecular weight excluding hydrogens is 394 g/mol. The van der Waals surface area contributed by atoms with Crippen LogP contribution in [0.1, 0.15) is 11.1 Å². The maximum absolute atomic E-state index is 12.2. The Hall–Kier alpha value is -2.98. The Morgan fingerprint density at radius 3 is 2.03 bits per heavy atom. The maximum atomic E-state index is 12.2. The standard InChI is InChI=1S/C21H23NO8/c23-16-15(22-21(27)29-12-14-9-5-2-6-10-14)20(30-18(17(16)24)19(25)26)28-11-13-7-3-1-4-8-13/h1-10,15-18,20,23-24H,11-12H2,(H,22,27)(H,25,26)/t15-,16-,17-,18+,20+/m0/s1. The van der Waals surface area contributed by atoms with Gasteiger partial charge in [0.25, 0.3) is 0 Å². The number of alkyl carbamates (subject to hydrolysis) is 1. The number of aliphatic hydroxyl groups is 2. The molecular formula is C21H23NO8. The van der Waals surface area contributed by atoms with Crippen LogP contribution in [0.5, 0.6) is 0 Å². The Bertz CT molecular complexity index is 831. The van der Waals surface area contributed by atoms with Gasteiger partial charge in [0.05, 0.1) is 6.61 Å². The fourth-order valence-electron chi connectivity index (χ4n) is 3.02. The van der Waals surface area contributed by atoms with Crippen molar-refractivity contribution in [3.05, 3.63) is 71.8 Å². The Morgan fingerprint density at radius 1 is 0.900 bits per heavy atom. The number of amides is 1. The van der Waals surface area contributed by atoms with Crippen molar-refractivity contribution in [1.29, 1.82) is 0 Å². The highest BCUT2D eigenvalue weighted by Crippen LogP contribution is 2.23. The molecule has 0 aromatic heterocycles. The SMILES string of the molecule is O=C(N[C@@H]1[C@H](OCc2ccccc2)O[C@@H](C(=O)O)[C@@H](O)[C@H]1O)OCc1ccccc1. The number of ether oxygens (including phenoxy) is 3. The minimum Gasteiger partial charge on any atom is -0.479 e. The minimum absolute atomic E-state index is 0.00775. The molecule has 30 heavy (non-hydrogen) atoms. The Balaban J connectivity index is 1.67. The molecule has 160 valence electrons. The maximum Gasteiger partial charge on any atom is 0.407 e. The monoisotopic (exact) mass is 417 g/mol. The lowest BCUT2D eigenvalue weighted by molar-refractivity contribution is -0.266. The average Bonchev–Trinajstić information content (AvgIpc) is 2.76. The van der Waals surface area contributed by atoms with E-state index >= 15 is 0 Å². The van der Waals surface area contributed by atoms with Gasteiger partial charge in [0.2, 0.25) is 0 Å². The van der Waals surface area contributed by atoms with Crippen LogP contribution < -0.4 is 5.32 Å². The first-order valence-corrected chi connectivity index (χ1v) is 9.33. The van der Waals surface area contributed by atoms with E-state index < -0.39 is 42.7 Å². The molecule has 2 aromatic rings. The van der Waals surface area contributed by atoms with E-state index in [-0.39, 0.29) is 13.2 Å². The van der Waals surface area contributed by atoms with Gasteiger partial charge in [0.1, 0.15) is 24.9 Å². The molecule has 4 N–H and O–H groups in total. The zero-order chi connectivity index (χ0) is 21.5. The molecule has 1 aliphatic rings. The minimum atomic E-state index is -1.77. The van der Waals surface area contributed by atoms with Crippen molar-refractivity contribution in [3.8, 4) is 0 Å². The first kappa shape index (κ1) is 21.7. The van der Waals surface area contributed by atoms with Crippen LogP contribution in [0, 0.1) is 0 Å². The molecule has 0 aliphatic carbocycles. The summed E-state index contributed by atoms with van der Waals surface area (Å²) in [5.74, 6) is -1.46. The third kappa shape index (κ3) is 5.55. The molecule has 1 aliphatic heterocycles. The number of aliphatic hydroxyl groups excluding tert-OH is 2. The average molecular weight is 417 g/mol. The van der Waals surface area contributed by atoms with E-state index in [1.54, 1.807) is 48.5 Å². The summed E-state index contributed by atoms with van der Waals surface area (Å²) in [4.78, 5) is 23.6. The lowest BCUT2D eigenvalue weighted by Gasteiger charge is -2.41. The third-order valence-electron chi connectivity index (χ3n) is 4.60. The number of nitrogens with one attached hydrogen (secondary N) is 1.